The fourth-order valence-electron chi connectivity index (χ4n) is 2.33. The molecule has 1 aliphatic heterocycles. The highest BCUT2D eigenvalue weighted by Crippen LogP contribution is 2.25. The number of piperidine rings is 1. The summed E-state index contributed by atoms with van der Waals surface area (Å²) in [6.45, 7) is 3.49. The van der Waals surface area contributed by atoms with Crippen molar-refractivity contribution < 1.29 is 9.18 Å². The first-order valence-electron chi connectivity index (χ1n) is 6.62. The number of amides is 1. The summed E-state index contributed by atoms with van der Waals surface area (Å²) in [4.78, 5) is 14.0. The Morgan fingerprint density at radius 1 is 1.47 bits per heavy atom. The van der Waals surface area contributed by atoms with Crippen molar-refractivity contribution in [3.05, 3.63) is 29.0 Å². The zero-order chi connectivity index (χ0) is 13.8. The van der Waals surface area contributed by atoms with Gasteiger partial charge in [0.25, 0.3) is 0 Å². The molecule has 2 rings (SSSR count). The standard InChI is InChI=1S/C14H18ClFN2O/c1-2-5-17-13-4-3-6-18(14(13)19)12-8-10(15)7-11(16)9-12/h7-9,13,17H,2-6H2,1H3. The Morgan fingerprint density at radius 2 is 2.26 bits per heavy atom. The van der Waals surface area contributed by atoms with Gasteiger partial charge in [0.2, 0.25) is 5.91 Å². The topological polar surface area (TPSA) is 32.3 Å². The maximum Gasteiger partial charge on any atom is 0.244 e. The van der Waals surface area contributed by atoms with Gasteiger partial charge in [-0.05, 0) is 44.0 Å². The van der Waals surface area contributed by atoms with Crippen molar-refractivity contribution in [2.24, 2.45) is 0 Å². The number of halogens is 2. The second kappa shape index (κ2) is 6.35. The average molecular weight is 285 g/mol. The lowest BCUT2D eigenvalue weighted by molar-refractivity contribution is -0.121. The smallest absolute Gasteiger partial charge is 0.244 e. The Hall–Kier alpha value is -1.13. The van der Waals surface area contributed by atoms with Crippen LogP contribution >= 0.6 is 11.6 Å². The second-order valence-electron chi connectivity index (χ2n) is 4.77. The SMILES string of the molecule is CCCNC1CCCN(c2cc(F)cc(Cl)c2)C1=O. The van der Waals surface area contributed by atoms with E-state index in [2.05, 4.69) is 12.2 Å². The third kappa shape index (κ3) is 3.45. The molecule has 1 aromatic rings. The first-order valence-corrected chi connectivity index (χ1v) is 7.00. The molecule has 1 aromatic carbocycles. The molecular weight excluding hydrogens is 267 g/mol. The minimum absolute atomic E-state index is 0.00127. The minimum Gasteiger partial charge on any atom is -0.311 e. The van der Waals surface area contributed by atoms with E-state index in [9.17, 15) is 9.18 Å². The van der Waals surface area contributed by atoms with Crippen molar-refractivity contribution in [1.29, 1.82) is 0 Å². The lowest BCUT2D eigenvalue weighted by Crippen LogP contribution is -2.51. The zero-order valence-corrected chi connectivity index (χ0v) is 11.7. The molecule has 1 fully saturated rings. The van der Waals surface area contributed by atoms with Gasteiger partial charge in [0.15, 0.2) is 0 Å². The number of nitrogens with zero attached hydrogens (tertiary/aromatic N) is 1. The van der Waals surface area contributed by atoms with Crippen LogP contribution in [-0.2, 0) is 4.79 Å². The highest BCUT2D eigenvalue weighted by molar-refractivity contribution is 6.31. The van der Waals surface area contributed by atoms with Gasteiger partial charge in [-0.25, -0.2) is 4.39 Å². The number of anilines is 1. The third-order valence-electron chi connectivity index (χ3n) is 3.24. The summed E-state index contributed by atoms with van der Waals surface area (Å²) < 4.78 is 13.4. The number of hydrogen-bond acceptors (Lipinski definition) is 2. The molecule has 0 radical (unpaired) electrons. The molecule has 1 atom stereocenters. The van der Waals surface area contributed by atoms with Gasteiger partial charge < -0.3 is 10.2 Å². The van der Waals surface area contributed by atoms with Gasteiger partial charge >= 0.3 is 0 Å². The molecular formula is C14H18ClFN2O. The van der Waals surface area contributed by atoms with Gasteiger partial charge in [0.05, 0.1) is 6.04 Å². The highest BCUT2D eigenvalue weighted by Gasteiger charge is 2.29. The van der Waals surface area contributed by atoms with Crippen LogP contribution in [0.1, 0.15) is 26.2 Å². The van der Waals surface area contributed by atoms with Crippen LogP contribution in [0.25, 0.3) is 0 Å². The fourth-order valence-corrected chi connectivity index (χ4v) is 2.55. The lowest BCUT2D eigenvalue weighted by Gasteiger charge is -2.33. The highest BCUT2D eigenvalue weighted by atomic mass is 35.5. The summed E-state index contributed by atoms with van der Waals surface area (Å²) >= 11 is 5.84. The number of carbonyl (C=O) groups excluding carboxylic acids is 1. The van der Waals surface area contributed by atoms with E-state index in [1.807, 2.05) is 0 Å². The fraction of sp³-hybridized carbons (Fsp3) is 0.500. The molecule has 19 heavy (non-hydrogen) atoms. The van der Waals surface area contributed by atoms with Gasteiger partial charge in [-0.3, -0.25) is 4.79 Å². The Morgan fingerprint density at radius 3 is 2.95 bits per heavy atom. The molecule has 104 valence electrons. The number of carbonyl (C=O) groups is 1. The van der Waals surface area contributed by atoms with Gasteiger partial charge in [0, 0.05) is 17.3 Å². The summed E-state index contributed by atoms with van der Waals surface area (Å²) in [6.07, 6.45) is 2.72. The molecule has 0 spiro atoms. The van der Waals surface area contributed by atoms with Gasteiger partial charge in [-0.15, -0.1) is 0 Å². The first kappa shape index (κ1) is 14.3. The van der Waals surface area contributed by atoms with Gasteiger partial charge in [0.1, 0.15) is 5.82 Å². The number of hydrogen-bond donors (Lipinski definition) is 1. The summed E-state index contributed by atoms with van der Waals surface area (Å²) in [5, 5.41) is 3.54. The van der Waals surface area contributed by atoms with Gasteiger partial charge in [-0.1, -0.05) is 18.5 Å². The lowest BCUT2D eigenvalue weighted by atomic mass is 10.0. The summed E-state index contributed by atoms with van der Waals surface area (Å²) in [5.74, 6) is -0.416. The van der Waals surface area contributed by atoms with Crippen molar-refractivity contribution in [3.63, 3.8) is 0 Å². The second-order valence-corrected chi connectivity index (χ2v) is 5.20. The Bertz CT molecular complexity index is 447. The molecule has 0 aromatic heterocycles. The van der Waals surface area contributed by atoms with Crippen LogP contribution in [0.5, 0.6) is 0 Å². The van der Waals surface area contributed by atoms with Crippen LogP contribution in [0.3, 0.4) is 0 Å². The van der Waals surface area contributed by atoms with Crippen molar-refractivity contribution in [2.75, 3.05) is 18.0 Å². The molecule has 1 aliphatic rings. The van der Waals surface area contributed by atoms with Crippen molar-refractivity contribution >= 4 is 23.2 Å². The van der Waals surface area contributed by atoms with Crippen molar-refractivity contribution in [2.45, 2.75) is 32.2 Å². The molecule has 3 nitrogen and oxygen atoms in total. The Kier molecular flexibility index (Phi) is 4.77. The summed E-state index contributed by atoms with van der Waals surface area (Å²) in [7, 11) is 0. The van der Waals surface area contributed by atoms with E-state index in [1.165, 1.54) is 12.1 Å². The van der Waals surface area contributed by atoms with Crippen LogP contribution in [0.15, 0.2) is 18.2 Å². The number of benzene rings is 1. The van der Waals surface area contributed by atoms with Crippen molar-refractivity contribution in [1.82, 2.24) is 5.32 Å². The maximum absolute atomic E-state index is 13.4. The Labute approximate surface area is 117 Å². The van der Waals surface area contributed by atoms with E-state index in [0.717, 1.165) is 25.8 Å². The molecule has 1 unspecified atom stereocenters. The predicted molar refractivity (Wildman–Crippen MR) is 75.1 cm³/mol. The maximum atomic E-state index is 13.4. The molecule has 0 bridgehead atoms. The normalized spacial score (nSPS) is 19.8. The van der Waals surface area contributed by atoms with Crippen LogP contribution in [-0.4, -0.2) is 25.0 Å². The monoisotopic (exact) mass is 284 g/mol. The molecule has 1 heterocycles. The summed E-state index contributed by atoms with van der Waals surface area (Å²) in [5.41, 5.74) is 0.540. The van der Waals surface area contributed by atoms with Crippen LogP contribution in [0.4, 0.5) is 10.1 Å². The summed E-state index contributed by atoms with van der Waals surface area (Å²) in [6, 6.07) is 4.05. The molecule has 1 saturated heterocycles. The van der Waals surface area contributed by atoms with E-state index in [4.69, 9.17) is 11.6 Å². The molecule has 1 N–H and O–H groups in total. The van der Waals surface area contributed by atoms with Gasteiger partial charge in [-0.2, -0.15) is 0 Å². The quantitative estimate of drug-likeness (QED) is 0.922. The first-order chi connectivity index (χ1) is 9.11. The van der Waals surface area contributed by atoms with E-state index in [-0.39, 0.29) is 11.9 Å². The van der Waals surface area contributed by atoms with Crippen LogP contribution in [0, 0.1) is 5.82 Å². The average Bonchev–Trinajstić information content (AvgIpc) is 2.36. The van der Waals surface area contributed by atoms with E-state index in [0.29, 0.717) is 17.3 Å². The largest absolute Gasteiger partial charge is 0.311 e. The van der Waals surface area contributed by atoms with Crippen molar-refractivity contribution in [3.8, 4) is 0 Å². The van der Waals surface area contributed by atoms with Crippen LogP contribution in [0.2, 0.25) is 5.02 Å². The minimum atomic E-state index is -0.418. The van der Waals surface area contributed by atoms with E-state index in [1.54, 1.807) is 11.0 Å². The molecule has 5 heteroatoms. The molecule has 0 aliphatic carbocycles. The number of nitrogens with one attached hydrogen (secondary N) is 1. The van der Waals surface area contributed by atoms with E-state index < -0.39 is 5.82 Å². The third-order valence-corrected chi connectivity index (χ3v) is 3.46. The molecule has 0 saturated carbocycles. The number of rotatable bonds is 4. The predicted octanol–water partition coefficient (Wildman–Crippen LogP) is 2.97. The van der Waals surface area contributed by atoms with Crippen LogP contribution < -0.4 is 10.2 Å². The Balaban J connectivity index is 2.16. The molecule has 1 amide bonds. The van der Waals surface area contributed by atoms with E-state index >= 15 is 0 Å². The zero-order valence-electron chi connectivity index (χ0n) is 11.0.